The lowest BCUT2D eigenvalue weighted by atomic mass is 10.1. The largest absolute Gasteiger partial charge is 0.465 e. The number of rotatable bonds is 4. The van der Waals surface area contributed by atoms with Gasteiger partial charge in [0.2, 0.25) is 10.0 Å². The van der Waals surface area contributed by atoms with Gasteiger partial charge in [-0.1, -0.05) is 35.0 Å². The Labute approximate surface area is 140 Å². The minimum atomic E-state index is -0.463. The van der Waals surface area contributed by atoms with Gasteiger partial charge in [0.1, 0.15) is 5.25 Å². The lowest BCUT2D eigenvalue weighted by Crippen LogP contribution is -2.43. The van der Waals surface area contributed by atoms with Crippen molar-refractivity contribution in [2.24, 2.45) is 0 Å². The maximum atomic E-state index is 12.0. The van der Waals surface area contributed by atoms with E-state index < -0.39 is 5.25 Å². The van der Waals surface area contributed by atoms with Gasteiger partial charge in [0.15, 0.2) is 7.05 Å². The molecule has 0 saturated heterocycles. The molecule has 0 N–H and O–H groups in total. The highest BCUT2D eigenvalue weighted by Gasteiger charge is 2.29. The summed E-state index contributed by atoms with van der Waals surface area (Å²) >= 11 is 6.48. The Morgan fingerprint density at radius 1 is 1.50 bits per heavy atom. The van der Waals surface area contributed by atoms with Crippen LogP contribution in [0.4, 0.5) is 0 Å². The number of thiocarbonyl (C=S) groups is 1. The van der Waals surface area contributed by atoms with E-state index in [1.807, 2.05) is 24.3 Å². The number of amides is 1. The van der Waals surface area contributed by atoms with E-state index in [2.05, 4.69) is 0 Å². The van der Waals surface area contributed by atoms with Gasteiger partial charge in [0, 0.05) is 13.0 Å². The van der Waals surface area contributed by atoms with Crippen molar-refractivity contribution in [1.82, 2.24) is 5.01 Å². The average Bonchev–Trinajstić information content (AvgIpc) is 2.47. The highest BCUT2D eigenvalue weighted by atomic mass is 32.2. The van der Waals surface area contributed by atoms with Crippen molar-refractivity contribution in [3.63, 3.8) is 0 Å². The second kappa shape index (κ2) is 8.85. The van der Waals surface area contributed by atoms with Gasteiger partial charge in [0.05, 0.1) is 13.0 Å². The number of ether oxygens (including phenoxy) is 1. The molecule has 0 fully saturated rings. The molecule has 0 radical (unpaired) electrons. The van der Waals surface area contributed by atoms with Crippen molar-refractivity contribution in [2.75, 3.05) is 13.7 Å². The molecule has 1 aliphatic rings. The van der Waals surface area contributed by atoms with Gasteiger partial charge in [-0.2, -0.15) is 0 Å². The van der Waals surface area contributed by atoms with E-state index >= 15 is 0 Å². The molecular formula is C15H21N2O3S2+. The zero-order valence-corrected chi connectivity index (χ0v) is 14.9. The fourth-order valence-corrected chi connectivity index (χ4v) is 3.34. The molecule has 0 spiro atoms. The quantitative estimate of drug-likeness (QED) is 0.340. The van der Waals surface area contributed by atoms with Gasteiger partial charge < -0.3 is 4.74 Å². The van der Waals surface area contributed by atoms with Crippen LogP contribution in [0.5, 0.6) is 0 Å². The van der Waals surface area contributed by atoms with Gasteiger partial charge in [-0.05, 0) is 26.1 Å². The summed E-state index contributed by atoms with van der Waals surface area (Å²) in [4.78, 5) is 23.7. The maximum absolute atomic E-state index is 12.0. The van der Waals surface area contributed by atoms with E-state index in [-0.39, 0.29) is 11.9 Å². The second-order valence-corrected chi connectivity index (χ2v) is 6.59. The fraction of sp³-hybridized carbons (Fsp3) is 0.467. The van der Waals surface area contributed by atoms with Crippen LogP contribution in [0.3, 0.4) is 0 Å². The summed E-state index contributed by atoms with van der Waals surface area (Å²) in [5, 5.41) is 0.934. The number of thioether (sulfide) groups is 1. The van der Waals surface area contributed by atoms with Gasteiger partial charge in [-0.3, -0.25) is 9.59 Å². The first-order valence-electron chi connectivity index (χ1n) is 6.99. The molecule has 1 aliphatic carbocycles. The molecule has 0 bridgehead atoms. The SMILES string of the molecule is CCOC(=O)C(C)SC(=S)N(C(C)=O)[N+](C)=C1C=CC=CC1. The number of allylic oxidation sites excluding steroid dienone is 4. The number of nitrogens with zero attached hydrogens (tertiary/aromatic N) is 2. The molecule has 1 unspecified atom stereocenters. The first-order valence-corrected chi connectivity index (χ1v) is 8.27. The highest BCUT2D eigenvalue weighted by molar-refractivity contribution is 8.23. The van der Waals surface area contributed by atoms with E-state index in [1.54, 1.807) is 25.6 Å². The summed E-state index contributed by atoms with van der Waals surface area (Å²) in [7, 11) is 1.78. The van der Waals surface area contributed by atoms with E-state index in [4.69, 9.17) is 17.0 Å². The monoisotopic (exact) mass is 341 g/mol. The Morgan fingerprint density at radius 2 is 2.18 bits per heavy atom. The van der Waals surface area contributed by atoms with Gasteiger partial charge in [-0.25, -0.2) is 0 Å². The number of hydrogen-bond acceptors (Lipinski definition) is 5. The average molecular weight is 341 g/mol. The number of carbonyl (C=O) groups excluding carboxylic acids is 2. The summed E-state index contributed by atoms with van der Waals surface area (Å²) in [5.41, 5.74) is 0.949. The summed E-state index contributed by atoms with van der Waals surface area (Å²) in [6, 6.07) is 0. The van der Waals surface area contributed by atoms with Crippen molar-refractivity contribution in [3.05, 3.63) is 24.3 Å². The van der Waals surface area contributed by atoms with Crippen LogP contribution < -0.4 is 0 Å². The van der Waals surface area contributed by atoms with Crippen molar-refractivity contribution >= 4 is 45.9 Å². The zero-order chi connectivity index (χ0) is 16.7. The van der Waals surface area contributed by atoms with E-state index in [9.17, 15) is 9.59 Å². The fourth-order valence-electron chi connectivity index (χ4n) is 1.84. The zero-order valence-electron chi connectivity index (χ0n) is 13.2. The van der Waals surface area contributed by atoms with Crippen LogP contribution in [-0.2, 0) is 14.3 Å². The summed E-state index contributed by atoms with van der Waals surface area (Å²) in [6.07, 6.45) is 8.51. The summed E-state index contributed by atoms with van der Waals surface area (Å²) < 4.78 is 7.00. The third-order valence-corrected chi connectivity index (χ3v) is 4.33. The standard InChI is InChI=1S/C15H21N2O3S2/c1-5-20-14(19)11(2)22-15(21)17(12(3)18)16(4)13-9-7-6-8-10-13/h6-9,11H,5,10H2,1-4H3/q+1. The molecule has 0 heterocycles. The Bertz CT molecular complexity index is 553. The number of hydrogen-bond donors (Lipinski definition) is 0. The highest BCUT2D eigenvalue weighted by Crippen LogP contribution is 2.18. The Kier molecular flexibility index (Phi) is 7.47. The molecule has 5 nitrogen and oxygen atoms in total. The van der Waals surface area contributed by atoms with E-state index in [1.165, 1.54) is 11.9 Å². The lowest BCUT2D eigenvalue weighted by Gasteiger charge is -2.19. The van der Waals surface area contributed by atoms with E-state index in [0.29, 0.717) is 10.9 Å². The molecule has 0 aromatic carbocycles. The molecule has 7 heteroatoms. The third kappa shape index (κ3) is 5.06. The molecule has 0 aliphatic heterocycles. The minimum absolute atomic E-state index is 0.202. The molecule has 22 heavy (non-hydrogen) atoms. The van der Waals surface area contributed by atoms with Crippen LogP contribution in [0.25, 0.3) is 0 Å². The van der Waals surface area contributed by atoms with Crippen molar-refractivity contribution in [1.29, 1.82) is 0 Å². The topological polar surface area (TPSA) is 49.6 Å². The van der Waals surface area contributed by atoms with Crippen LogP contribution in [0.15, 0.2) is 24.3 Å². The number of hydrazine groups is 1. The van der Waals surface area contributed by atoms with Gasteiger partial charge in [-0.15, -0.1) is 4.68 Å². The smallest absolute Gasteiger partial charge is 0.319 e. The lowest BCUT2D eigenvalue weighted by molar-refractivity contribution is -0.621. The van der Waals surface area contributed by atoms with Crippen LogP contribution in [-0.4, -0.2) is 50.5 Å². The number of carbonyl (C=O) groups is 2. The van der Waals surface area contributed by atoms with Crippen molar-refractivity contribution in [3.8, 4) is 0 Å². The van der Waals surface area contributed by atoms with Crippen molar-refractivity contribution in [2.45, 2.75) is 32.4 Å². The molecule has 1 atom stereocenters. The molecular weight excluding hydrogens is 320 g/mol. The first kappa shape index (κ1) is 18.6. The minimum Gasteiger partial charge on any atom is -0.465 e. The van der Waals surface area contributed by atoms with E-state index in [0.717, 1.165) is 23.9 Å². The summed E-state index contributed by atoms with van der Waals surface area (Å²) in [6.45, 7) is 5.23. The van der Waals surface area contributed by atoms with Crippen LogP contribution in [0, 0.1) is 0 Å². The second-order valence-electron chi connectivity index (χ2n) is 4.62. The first-order chi connectivity index (χ1) is 10.4. The van der Waals surface area contributed by atoms with Gasteiger partial charge in [0.25, 0.3) is 5.91 Å². The molecule has 0 aromatic heterocycles. The molecule has 1 amide bonds. The Hall–Kier alpha value is -1.47. The predicted molar refractivity (Wildman–Crippen MR) is 92.9 cm³/mol. The Morgan fingerprint density at radius 3 is 2.68 bits per heavy atom. The third-order valence-electron chi connectivity index (χ3n) is 2.95. The maximum Gasteiger partial charge on any atom is 0.319 e. The van der Waals surface area contributed by atoms with Crippen LogP contribution >= 0.6 is 24.0 Å². The molecule has 0 saturated carbocycles. The molecule has 1 rings (SSSR count). The van der Waals surface area contributed by atoms with Crippen LogP contribution in [0.1, 0.15) is 27.2 Å². The summed E-state index contributed by atoms with van der Waals surface area (Å²) in [5.74, 6) is -0.541. The number of esters is 1. The van der Waals surface area contributed by atoms with Crippen LogP contribution in [0.2, 0.25) is 0 Å². The Balaban J connectivity index is 2.89. The van der Waals surface area contributed by atoms with Gasteiger partial charge >= 0.3 is 5.97 Å². The van der Waals surface area contributed by atoms with Crippen molar-refractivity contribution < 1.29 is 19.0 Å². The molecule has 0 aromatic rings. The number of hydrazone groups is 1. The predicted octanol–water partition coefficient (Wildman–Crippen LogP) is 2.32. The molecule has 120 valence electrons. The normalized spacial score (nSPS) is 16.9.